The summed E-state index contributed by atoms with van der Waals surface area (Å²) in [5.74, 6) is 1.50. The molecule has 5 heteroatoms. The predicted octanol–water partition coefficient (Wildman–Crippen LogP) is 2.71. The van der Waals surface area contributed by atoms with Crippen molar-refractivity contribution in [3.8, 4) is 11.5 Å². The van der Waals surface area contributed by atoms with E-state index in [0.717, 1.165) is 24.5 Å². The molecule has 0 aliphatic carbocycles. The number of nitrogens with zero attached hydrogens (tertiary/aromatic N) is 4. The number of aromatic nitrogens is 4. The van der Waals surface area contributed by atoms with Crippen molar-refractivity contribution in [1.82, 2.24) is 19.5 Å². The van der Waals surface area contributed by atoms with E-state index in [-0.39, 0.29) is 0 Å². The van der Waals surface area contributed by atoms with E-state index < -0.39 is 0 Å². The average Bonchev–Trinajstić information content (AvgIpc) is 2.65. The van der Waals surface area contributed by atoms with Gasteiger partial charge >= 0.3 is 0 Å². The first kappa shape index (κ1) is 11.1. The third-order valence-corrected chi connectivity index (χ3v) is 2.41. The molecule has 0 aliphatic rings. The lowest BCUT2D eigenvalue weighted by Crippen LogP contribution is -2.01. The Morgan fingerprint density at radius 3 is 2.88 bits per heavy atom. The SMILES string of the molecule is CCCn1ccnc1-c1cc(Cl)nc(C)n1. The smallest absolute Gasteiger partial charge is 0.158 e. The van der Waals surface area contributed by atoms with Crippen LogP contribution in [0.5, 0.6) is 0 Å². The molecular formula is C11H13ClN4. The van der Waals surface area contributed by atoms with Crippen LogP contribution in [0.4, 0.5) is 0 Å². The first-order chi connectivity index (χ1) is 7.70. The number of imidazole rings is 1. The van der Waals surface area contributed by atoms with Crippen molar-refractivity contribution in [3.63, 3.8) is 0 Å². The average molecular weight is 237 g/mol. The maximum atomic E-state index is 5.91. The van der Waals surface area contributed by atoms with E-state index in [2.05, 4.69) is 26.4 Å². The highest BCUT2D eigenvalue weighted by Crippen LogP contribution is 2.18. The molecule has 0 amide bonds. The van der Waals surface area contributed by atoms with Crippen molar-refractivity contribution >= 4 is 11.6 Å². The second-order valence-electron chi connectivity index (χ2n) is 3.57. The van der Waals surface area contributed by atoms with Crippen LogP contribution >= 0.6 is 11.6 Å². The third kappa shape index (κ3) is 2.22. The summed E-state index contributed by atoms with van der Waals surface area (Å²) >= 11 is 5.91. The summed E-state index contributed by atoms with van der Waals surface area (Å²) in [6.45, 7) is 4.88. The van der Waals surface area contributed by atoms with Crippen LogP contribution in [0, 0.1) is 6.92 Å². The topological polar surface area (TPSA) is 43.6 Å². The van der Waals surface area contributed by atoms with E-state index in [4.69, 9.17) is 11.6 Å². The van der Waals surface area contributed by atoms with Gasteiger partial charge in [0.05, 0.1) is 0 Å². The normalized spacial score (nSPS) is 10.7. The maximum absolute atomic E-state index is 5.91. The zero-order valence-corrected chi connectivity index (χ0v) is 10.1. The van der Waals surface area contributed by atoms with Crippen LogP contribution in [0.3, 0.4) is 0 Å². The molecular weight excluding hydrogens is 224 g/mol. The first-order valence-corrected chi connectivity index (χ1v) is 5.61. The Balaban J connectivity index is 2.45. The number of halogens is 1. The molecule has 0 bridgehead atoms. The summed E-state index contributed by atoms with van der Waals surface area (Å²) in [5, 5.41) is 0.452. The van der Waals surface area contributed by atoms with Gasteiger partial charge in [-0.1, -0.05) is 18.5 Å². The molecule has 0 aromatic carbocycles. The van der Waals surface area contributed by atoms with Crippen LogP contribution in [-0.2, 0) is 6.54 Å². The van der Waals surface area contributed by atoms with Gasteiger partial charge in [0.25, 0.3) is 0 Å². The molecule has 2 aromatic heterocycles. The van der Waals surface area contributed by atoms with Crippen LogP contribution in [0.15, 0.2) is 18.5 Å². The molecule has 0 unspecified atom stereocenters. The van der Waals surface area contributed by atoms with E-state index in [1.165, 1.54) is 0 Å². The Morgan fingerprint density at radius 2 is 2.19 bits per heavy atom. The molecule has 2 heterocycles. The molecule has 0 fully saturated rings. The summed E-state index contributed by atoms with van der Waals surface area (Å²) in [4.78, 5) is 12.7. The highest BCUT2D eigenvalue weighted by atomic mass is 35.5. The number of aryl methyl sites for hydroxylation is 2. The van der Waals surface area contributed by atoms with E-state index in [1.807, 2.05) is 13.1 Å². The van der Waals surface area contributed by atoms with Gasteiger partial charge in [0.1, 0.15) is 16.7 Å². The predicted molar refractivity (Wildman–Crippen MR) is 63.3 cm³/mol. The van der Waals surface area contributed by atoms with Gasteiger partial charge in [0.2, 0.25) is 0 Å². The summed E-state index contributed by atoms with van der Waals surface area (Å²) in [6.07, 6.45) is 4.78. The fourth-order valence-corrected chi connectivity index (χ4v) is 1.84. The molecule has 0 spiro atoms. The molecule has 2 rings (SSSR count). The number of hydrogen-bond donors (Lipinski definition) is 0. The van der Waals surface area contributed by atoms with Crippen LogP contribution in [-0.4, -0.2) is 19.5 Å². The Hall–Kier alpha value is -1.42. The Bertz CT molecular complexity index is 472. The second kappa shape index (κ2) is 4.61. The monoisotopic (exact) mass is 236 g/mol. The highest BCUT2D eigenvalue weighted by molar-refractivity contribution is 6.29. The van der Waals surface area contributed by atoms with E-state index >= 15 is 0 Å². The van der Waals surface area contributed by atoms with E-state index in [0.29, 0.717) is 11.0 Å². The molecule has 0 radical (unpaired) electrons. The minimum atomic E-state index is 0.452. The third-order valence-electron chi connectivity index (χ3n) is 2.22. The van der Waals surface area contributed by atoms with Gasteiger partial charge < -0.3 is 4.57 Å². The molecule has 0 N–H and O–H groups in total. The Labute approximate surface area is 99.3 Å². The molecule has 84 valence electrons. The molecule has 0 atom stereocenters. The Morgan fingerprint density at radius 1 is 1.38 bits per heavy atom. The zero-order chi connectivity index (χ0) is 11.5. The van der Waals surface area contributed by atoms with Crippen molar-refractivity contribution in [2.45, 2.75) is 26.8 Å². The lowest BCUT2D eigenvalue weighted by molar-refractivity contribution is 0.683. The van der Waals surface area contributed by atoms with Crippen molar-refractivity contribution in [1.29, 1.82) is 0 Å². The van der Waals surface area contributed by atoms with Gasteiger partial charge in [-0.25, -0.2) is 15.0 Å². The van der Waals surface area contributed by atoms with Crippen molar-refractivity contribution in [3.05, 3.63) is 29.4 Å². The molecule has 0 aliphatic heterocycles. The van der Waals surface area contributed by atoms with Crippen molar-refractivity contribution in [2.24, 2.45) is 0 Å². The second-order valence-corrected chi connectivity index (χ2v) is 3.95. The van der Waals surface area contributed by atoms with Gasteiger partial charge in [0.15, 0.2) is 5.82 Å². The summed E-state index contributed by atoms with van der Waals surface area (Å²) in [6, 6.07) is 1.74. The lowest BCUT2D eigenvalue weighted by Gasteiger charge is -2.06. The van der Waals surface area contributed by atoms with E-state index in [9.17, 15) is 0 Å². The van der Waals surface area contributed by atoms with E-state index in [1.54, 1.807) is 12.3 Å². The largest absolute Gasteiger partial charge is 0.330 e. The minimum absolute atomic E-state index is 0.452. The molecule has 2 aromatic rings. The molecule has 0 saturated heterocycles. The standard InChI is InChI=1S/C11H13ClN4/c1-3-5-16-6-4-13-11(16)9-7-10(12)15-8(2)14-9/h4,6-7H,3,5H2,1-2H3. The van der Waals surface area contributed by atoms with Crippen molar-refractivity contribution in [2.75, 3.05) is 0 Å². The summed E-state index contributed by atoms with van der Waals surface area (Å²) in [5.41, 5.74) is 0.774. The zero-order valence-electron chi connectivity index (χ0n) is 9.31. The lowest BCUT2D eigenvalue weighted by atomic mass is 10.3. The number of rotatable bonds is 3. The molecule has 0 saturated carbocycles. The van der Waals surface area contributed by atoms with Gasteiger partial charge in [-0.05, 0) is 13.3 Å². The first-order valence-electron chi connectivity index (χ1n) is 5.23. The summed E-state index contributed by atoms with van der Waals surface area (Å²) < 4.78 is 2.07. The Kier molecular flexibility index (Phi) is 3.19. The number of hydrogen-bond acceptors (Lipinski definition) is 3. The highest BCUT2D eigenvalue weighted by Gasteiger charge is 2.08. The van der Waals surface area contributed by atoms with Crippen molar-refractivity contribution < 1.29 is 0 Å². The van der Waals surface area contributed by atoms with Gasteiger partial charge in [-0.15, -0.1) is 0 Å². The molecule has 4 nitrogen and oxygen atoms in total. The quantitative estimate of drug-likeness (QED) is 0.770. The molecule has 16 heavy (non-hydrogen) atoms. The summed E-state index contributed by atoms with van der Waals surface area (Å²) in [7, 11) is 0. The van der Waals surface area contributed by atoms with Gasteiger partial charge in [0, 0.05) is 25.0 Å². The minimum Gasteiger partial charge on any atom is -0.330 e. The van der Waals surface area contributed by atoms with Crippen LogP contribution in [0.25, 0.3) is 11.5 Å². The van der Waals surface area contributed by atoms with Gasteiger partial charge in [-0.3, -0.25) is 0 Å². The maximum Gasteiger partial charge on any atom is 0.158 e. The van der Waals surface area contributed by atoms with Crippen LogP contribution in [0.1, 0.15) is 19.2 Å². The van der Waals surface area contributed by atoms with Crippen LogP contribution in [0.2, 0.25) is 5.15 Å². The fourth-order valence-electron chi connectivity index (χ4n) is 1.61. The van der Waals surface area contributed by atoms with Gasteiger partial charge in [-0.2, -0.15) is 0 Å². The van der Waals surface area contributed by atoms with Crippen LogP contribution < -0.4 is 0 Å². The fraction of sp³-hybridized carbons (Fsp3) is 0.364.